The number of nitrogens with one attached hydrogen (secondary N) is 1. The Bertz CT molecular complexity index is 951. The van der Waals surface area contributed by atoms with Crippen molar-refractivity contribution < 1.29 is 27.4 Å². The second kappa shape index (κ2) is 7.67. The number of hydrogen-bond acceptors (Lipinski definition) is 6. The van der Waals surface area contributed by atoms with Gasteiger partial charge in [0, 0.05) is 11.8 Å². The summed E-state index contributed by atoms with van der Waals surface area (Å²) in [6.45, 7) is 0. The van der Waals surface area contributed by atoms with Crippen molar-refractivity contribution in [2.75, 3.05) is 5.32 Å². The predicted octanol–water partition coefficient (Wildman–Crippen LogP) is 5.05. The smallest absolute Gasteiger partial charge is 0.406 e. The predicted molar refractivity (Wildman–Crippen MR) is 91.8 cm³/mol. The molecule has 1 unspecified atom stereocenters. The number of hydrogen-bond donors (Lipinski definition) is 2. The maximum absolute atomic E-state index is 13.2. The zero-order valence-electron chi connectivity index (χ0n) is 13.2. The molecule has 0 amide bonds. The quantitative estimate of drug-likeness (QED) is 0.566. The second-order valence-corrected chi connectivity index (χ2v) is 6.64. The SMILES string of the molecule is OC(c1ccc(F)c(Cl)c1)c1nnc(Nc2cccc(OC(F)(F)F)c2)s1. The lowest BCUT2D eigenvalue weighted by Crippen LogP contribution is -2.17. The van der Waals surface area contributed by atoms with Crippen LogP contribution in [0.2, 0.25) is 5.02 Å². The number of aliphatic hydroxyl groups excluding tert-OH is 1. The van der Waals surface area contributed by atoms with Gasteiger partial charge in [0.05, 0.1) is 5.02 Å². The first-order valence-electron chi connectivity index (χ1n) is 7.30. The maximum atomic E-state index is 13.2. The summed E-state index contributed by atoms with van der Waals surface area (Å²) in [5.41, 5.74) is 0.614. The Morgan fingerprint density at radius 1 is 1.15 bits per heavy atom. The van der Waals surface area contributed by atoms with Gasteiger partial charge >= 0.3 is 6.36 Å². The summed E-state index contributed by atoms with van der Waals surface area (Å²) in [4.78, 5) is 0. The zero-order chi connectivity index (χ0) is 19.6. The molecule has 1 atom stereocenters. The average molecular weight is 420 g/mol. The van der Waals surface area contributed by atoms with Gasteiger partial charge in [-0.05, 0) is 29.8 Å². The van der Waals surface area contributed by atoms with E-state index in [9.17, 15) is 22.7 Å². The summed E-state index contributed by atoms with van der Waals surface area (Å²) < 4.78 is 53.9. The number of alkyl halides is 3. The van der Waals surface area contributed by atoms with E-state index in [0.717, 1.165) is 29.5 Å². The normalized spacial score (nSPS) is 12.7. The summed E-state index contributed by atoms with van der Waals surface area (Å²) in [6, 6.07) is 8.94. The molecule has 0 fully saturated rings. The van der Waals surface area contributed by atoms with Crippen LogP contribution in [0.4, 0.5) is 28.4 Å². The van der Waals surface area contributed by atoms with Gasteiger partial charge in [-0.3, -0.25) is 0 Å². The molecule has 142 valence electrons. The first-order chi connectivity index (χ1) is 12.7. The van der Waals surface area contributed by atoms with Crippen LogP contribution in [0, 0.1) is 5.82 Å². The van der Waals surface area contributed by atoms with Gasteiger partial charge in [-0.25, -0.2) is 4.39 Å². The lowest BCUT2D eigenvalue weighted by molar-refractivity contribution is -0.274. The van der Waals surface area contributed by atoms with Gasteiger partial charge in [0.25, 0.3) is 0 Å². The molecule has 3 aromatic rings. The van der Waals surface area contributed by atoms with E-state index in [1.807, 2.05) is 0 Å². The van der Waals surface area contributed by atoms with Crippen LogP contribution in [0.5, 0.6) is 5.75 Å². The van der Waals surface area contributed by atoms with E-state index in [0.29, 0.717) is 11.3 Å². The molecular formula is C16H10ClF4N3O2S. The van der Waals surface area contributed by atoms with E-state index in [4.69, 9.17) is 11.6 Å². The standard InChI is InChI=1S/C16H10ClF4N3O2S/c17-11-6-8(4-5-12(11)18)13(25)14-23-24-15(27-14)22-9-2-1-3-10(7-9)26-16(19,20)21/h1-7,13,25H,(H,22,24). The number of ether oxygens (including phenoxy) is 1. The first kappa shape index (κ1) is 19.3. The Balaban J connectivity index is 1.74. The highest BCUT2D eigenvalue weighted by atomic mass is 35.5. The molecule has 11 heteroatoms. The number of aliphatic hydroxyl groups is 1. The second-order valence-electron chi connectivity index (χ2n) is 5.22. The van der Waals surface area contributed by atoms with E-state index in [2.05, 4.69) is 20.3 Å². The van der Waals surface area contributed by atoms with E-state index in [1.165, 1.54) is 24.3 Å². The molecule has 1 aromatic heterocycles. The van der Waals surface area contributed by atoms with Crippen molar-refractivity contribution in [2.45, 2.75) is 12.5 Å². The average Bonchev–Trinajstić information content (AvgIpc) is 3.04. The highest BCUT2D eigenvalue weighted by molar-refractivity contribution is 7.15. The Kier molecular flexibility index (Phi) is 5.49. The van der Waals surface area contributed by atoms with Gasteiger partial charge in [-0.2, -0.15) is 0 Å². The molecule has 0 aliphatic rings. The van der Waals surface area contributed by atoms with Crippen molar-refractivity contribution in [1.29, 1.82) is 0 Å². The Hall–Kier alpha value is -2.43. The molecule has 0 saturated carbocycles. The monoisotopic (exact) mass is 419 g/mol. The van der Waals surface area contributed by atoms with Crippen LogP contribution in [-0.4, -0.2) is 21.7 Å². The first-order valence-corrected chi connectivity index (χ1v) is 8.50. The number of nitrogens with zero attached hydrogens (tertiary/aromatic N) is 2. The molecule has 0 saturated heterocycles. The minimum atomic E-state index is -4.80. The molecule has 0 aliphatic heterocycles. The Morgan fingerprint density at radius 2 is 1.93 bits per heavy atom. The third kappa shape index (κ3) is 5.06. The number of benzene rings is 2. The summed E-state index contributed by atoms with van der Waals surface area (Å²) in [7, 11) is 0. The van der Waals surface area contributed by atoms with E-state index in [1.54, 1.807) is 0 Å². The van der Waals surface area contributed by atoms with Gasteiger partial charge in [0.15, 0.2) is 5.01 Å². The molecule has 1 heterocycles. The lowest BCUT2D eigenvalue weighted by Gasteiger charge is -2.10. The summed E-state index contributed by atoms with van der Waals surface area (Å²) in [6.07, 6.45) is -5.98. The van der Waals surface area contributed by atoms with Crippen LogP contribution in [0.3, 0.4) is 0 Å². The number of halogens is 5. The van der Waals surface area contributed by atoms with E-state index < -0.39 is 24.0 Å². The summed E-state index contributed by atoms with van der Waals surface area (Å²) >= 11 is 6.67. The number of anilines is 2. The van der Waals surface area contributed by atoms with Crippen LogP contribution in [0.25, 0.3) is 0 Å². The van der Waals surface area contributed by atoms with Gasteiger partial charge in [0.1, 0.15) is 17.7 Å². The number of rotatable bonds is 5. The molecular weight excluding hydrogens is 410 g/mol. The minimum Gasteiger partial charge on any atom is -0.406 e. The van der Waals surface area contributed by atoms with E-state index in [-0.39, 0.29) is 15.2 Å². The van der Waals surface area contributed by atoms with Crippen LogP contribution < -0.4 is 10.1 Å². The van der Waals surface area contributed by atoms with Crippen LogP contribution in [0.1, 0.15) is 16.7 Å². The van der Waals surface area contributed by atoms with Crippen molar-refractivity contribution >= 4 is 33.8 Å². The molecule has 0 radical (unpaired) electrons. The van der Waals surface area contributed by atoms with Crippen molar-refractivity contribution in [1.82, 2.24) is 10.2 Å². The summed E-state index contributed by atoms with van der Waals surface area (Å²) in [5.74, 6) is -1.01. The Morgan fingerprint density at radius 3 is 2.63 bits per heavy atom. The van der Waals surface area contributed by atoms with Crippen LogP contribution >= 0.6 is 22.9 Å². The Labute approximate surface area is 159 Å². The summed E-state index contributed by atoms with van der Waals surface area (Å²) in [5, 5.41) is 21.0. The van der Waals surface area contributed by atoms with Crippen LogP contribution in [0.15, 0.2) is 42.5 Å². The third-order valence-electron chi connectivity index (χ3n) is 3.25. The fraction of sp³-hybridized carbons (Fsp3) is 0.125. The van der Waals surface area contributed by atoms with Gasteiger partial charge in [-0.15, -0.1) is 23.4 Å². The fourth-order valence-electron chi connectivity index (χ4n) is 2.12. The van der Waals surface area contributed by atoms with Crippen molar-refractivity contribution in [3.8, 4) is 5.75 Å². The van der Waals surface area contributed by atoms with Gasteiger partial charge in [-0.1, -0.05) is 35.1 Å². The van der Waals surface area contributed by atoms with Crippen molar-refractivity contribution in [3.63, 3.8) is 0 Å². The van der Waals surface area contributed by atoms with E-state index >= 15 is 0 Å². The molecule has 0 bridgehead atoms. The molecule has 5 nitrogen and oxygen atoms in total. The number of aromatic nitrogens is 2. The van der Waals surface area contributed by atoms with Gasteiger partial charge in [0.2, 0.25) is 5.13 Å². The van der Waals surface area contributed by atoms with Crippen LogP contribution in [-0.2, 0) is 0 Å². The lowest BCUT2D eigenvalue weighted by atomic mass is 10.1. The fourth-order valence-corrected chi connectivity index (χ4v) is 3.08. The third-order valence-corrected chi connectivity index (χ3v) is 4.43. The van der Waals surface area contributed by atoms with Gasteiger partial charge < -0.3 is 15.2 Å². The molecule has 0 aliphatic carbocycles. The molecule has 0 spiro atoms. The molecule has 3 rings (SSSR count). The molecule has 2 aromatic carbocycles. The van der Waals surface area contributed by atoms with Crippen molar-refractivity contribution in [2.24, 2.45) is 0 Å². The topological polar surface area (TPSA) is 67.3 Å². The highest BCUT2D eigenvalue weighted by Gasteiger charge is 2.31. The maximum Gasteiger partial charge on any atom is 0.573 e. The highest BCUT2D eigenvalue weighted by Crippen LogP contribution is 2.31. The van der Waals surface area contributed by atoms with Crippen molar-refractivity contribution in [3.05, 3.63) is 63.9 Å². The minimum absolute atomic E-state index is 0.143. The molecule has 27 heavy (non-hydrogen) atoms. The molecule has 2 N–H and O–H groups in total. The largest absolute Gasteiger partial charge is 0.573 e. The zero-order valence-corrected chi connectivity index (χ0v) is 14.7.